The zero-order chi connectivity index (χ0) is 44.4. The van der Waals surface area contributed by atoms with Crippen LogP contribution in [-0.2, 0) is 35.3 Å². The molecule has 2 bridgehead atoms. The minimum absolute atomic E-state index is 0.0101. The number of hydrogen-bond donors (Lipinski definition) is 10. The largest absolute Gasteiger partial charge is 0.481 e. The molecule has 1 aromatic carbocycles. The number of benzene rings is 1. The molecule has 1 aliphatic heterocycles. The maximum absolute atomic E-state index is 14.0. The number of likely N-dealkylation sites (N-methyl/N-ethyl adjacent to an activating group) is 1. The SMILES string of the molecule is CC(C)[C@H]1NC(=O)c2cc(cc(NC(=O)CCCCCNC(=O)c3ccc(N=N)nc3)c2)CNC(=O)[C@H](CC(=O)O)NC(=O)CNC(=O)[C@H](CCCN=C(N)N)N(C)C1=O. The number of nitrogens with one attached hydrogen (secondary N) is 7. The van der Waals surface area contributed by atoms with Crippen LogP contribution in [0.5, 0.6) is 0 Å². The molecule has 7 amide bonds. The van der Waals surface area contributed by atoms with Crippen LogP contribution >= 0.6 is 0 Å². The van der Waals surface area contributed by atoms with Crippen molar-refractivity contribution in [3.63, 3.8) is 0 Å². The second-order valence-corrected chi connectivity index (χ2v) is 14.3. The molecule has 2 heterocycles. The number of nitrogens with two attached hydrogens (primary N) is 2. The molecule has 0 aliphatic carbocycles. The molecule has 1 aliphatic rings. The molecule has 0 radical (unpaired) electrons. The summed E-state index contributed by atoms with van der Waals surface area (Å²) in [4.78, 5) is 113. The number of amides is 7. The molecule has 0 spiro atoms. The van der Waals surface area contributed by atoms with Crippen molar-refractivity contribution in [1.29, 1.82) is 5.53 Å². The highest BCUT2D eigenvalue weighted by Gasteiger charge is 2.34. The van der Waals surface area contributed by atoms with Crippen LogP contribution in [0.15, 0.2) is 46.6 Å². The van der Waals surface area contributed by atoms with E-state index in [2.05, 4.69) is 47.0 Å². The molecule has 0 unspecified atom stereocenters. The summed E-state index contributed by atoms with van der Waals surface area (Å²) in [5.74, 6) is -6.38. The first-order chi connectivity index (χ1) is 28.5. The van der Waals surface area contributed by atoms with Crippen LogP contribution in [-0.4, -0.2) is 113 Å². The Labute approximate surface area is 346 Å². The maximum atomic E-state index is 14.0. The average molecular weight is 836 g/mol. The van der Waals surface area contributed by atoms with Gasteiger partial charge in [-0.3, -0.25) is 43.3 Å². The maximum Gasteiger partial charge on any atom is 0.305 e. The van der Waals surface area contributed by atoms with Gasteiger partial charge in [-0.2, -0.15) is 0 Å². The lowest BCUT2D eigenvalue weighted by atomic mass is 9.99. The zero-order valence-corrected chi connectivity index (χ0v) is 33.7. The van der Waals surface area contributed by atoms with E-state index in [9.17, 15) is 43.5 Å². The monoisotopic (exact) mass is 835 g/mol. The molecule has 22 heteroatoms. The molecule has 3 rings (SSSR count). The van der Waals surface area contributed by atoms with E-state index >= 15 is 0 Å². The van der Waals surface area contributed by atoms with Gasteiger partial charge in [0.1, 0.15) is 18.1 Å². The summed E-state index contributed by atoms with van der Waals surface area (Å²) in [5.41, 5.74) is 18.6. The molecule has 0 saturated heterocycles. The number of carbonyl (C=O) groups excluding carboxylic acids is 7. The van der Waals surface area contributed by atoms with Crippen LogP contribution in [0.25, 0.3) is 0 Å². The summed E-state index contributed by atoms with van der Waals surface area (Å²) < 4.78 is 0. The number of aromatic nitrogens is 1. The fraction of sp³-hybridized carbons (Fsp3) is 0.474. The van der Waals surface area contributed by atoms with Crippen molar-refractivity contribution >= 4 is 64.8 Å². The Morgan fingerprint density at radius 2 is 1.72 bits per heavy atom. The number of rotatable bonds is 16. The second-order valence-electron chi connectivity index (χ2n) is 14.3. The number of fused-ring (bicyclic) bond motifs is 2. The van der Waals surface area contributed by atoms with Gasteiger partial charge in [0.05, 0.1) is 18.5 Å². The quantitative estimate of drug-likeness (QED) is 0.0463. The zero-order valence-electron chi connectivity index (χ0n) is 33.7. The molecule has 60 heavy (non-hydrogen) atoms. The van der Waals surface area contributed by atoms with E-state index in [1.54, 1.807) is 13.8 Å². The number of nitrogens with zero attached hydrogens (tertiary/aromatic N) is 4. The van der Waals surface area contributed by atoms with Crippen LogP contribution in [0.1, 0.15) is 85.1 Å². The number of aliphatic carboxylic acids is 1. The van der Waals surface area contributed by atoms with E-state index in [0.29, 0.717) is 36.9 Å². The van der Waals surface area contributed by atoms with E-state index in [-0.39, 0.29) is 61.3 Å². The van der Waals surface area contributed by atoms with Crippen molar-refractivity contribution in [2.45, 2.75) is 83.5 Å². The summed E-state index contributed by atoms with van der Waals surface area (Å²) >= 11 is 0. The molecular weight excluding hydrogens is 782 g/mol. The van der Waals surface area contributed by atoms with Gasteiger partial charge in [-0.25, -0.2) is 10.5 Å². The van der Waals surface area contributed by atoms with Gasteiger partial charge < -0.3 is 53.4 Å². The van der Waals surface area contributed by atoms with Crippen LogP contribution in [0.3, 0.4) is 0 Å². The smallest absolute Gasteiger partial charge is 0.305 e. The summed E-state index contributed by atoms with van der Waals surface area (Å²) in [6.07, 6.45) is 2.54. The lowest BCUT2D eigenvalue weighted by Crippen LogP contribution is -2.57. The van der Waals surface area contributed by atoms with Crippen molar-refractivity contribution < 1.29 is 43.5 Å². The minimum Gasteiger partial charge on any atom is -0.481 e. The van der Waals surface area contributed by atoms with Gasteiger partial charge in [0, 0.05) is 50.6 Å². The summed E-state index contributed by atoms with van der Waals surface area (Å²) in [6.45, 7) is 2.96. The average Bonchev–Trinajstić information content (AvgIpc) is 3.20. The van der Waals surface area contributed by atoms with E-state index < -0.39 is 78.4 Å². The van der Waals surface area contributed by atoms with E-state index in [1.165, 1.54) is 43.6 Å². The predicted molar refractivity (Wildman–Crippen MR) is 217 cm³/mol. The molecule has 1 aromatic heterocycles. The molecule has 12 N–H and O–H groups in total. The Morgan fingerprint density at radius 1 is 0.983 bits per heavy atom. The molecule has 0 fully saturated rings. The third-order valence-electron chi connectivity index (χ3n) is 9.22. The van der Waals surface area contributed by atoms with Crippen molar-refractivity contribution in [3.8, 4) is 0 Å². The molecule has 3 atom stereocenters. The Bertz CT molecular complexity index is 1930. The van der Waals surface area contributed by atoms with Crippen molar-refractivity contribution in [1.82, 2.24) is 36.5 Å². The summed E-state index contributed by atoms with van der Waals surface area (Å²) in [7, 11) is 1.38. The standard InChI is InChI=1S/C38H53N13O9/c1-21(2)32-37(60)51(3)27(8-7-13-43-38(39)40)36(59)46-20-30(53)48-26(17-31(54)55)35(58)45-18-22-14-24(34(57)49-32)16-25(15-22)47-29(52)9-5-4-6-12-42-33(56)23-10-11-28(50-41)44-19-23/h10-11,14-16,19,21,26-27,32,41H,4-9,12-13,17-18,20H2,1-3H3,(H,42,56)(H,45,58)(H,46,59)(H,47,52)(H,48,53)(H,49,57)(H,54,55)(H4,39,40,43)/t26-,27-,32+/m0/s1. The normalized spacial score (nSPS) is 17.8. The molecule has 0 saturated carbocycles. The number of hydrogen-bond acceptors (Lipinski definition) is 12. The number of carbonyl (C=O) groups is 8. The highest BCUT2D eigenvalue weighted by atomic mass is 16.4. The van der Waals surface area contributed by atoms with Gasteiger partial charge in [0.15, 0.2) is 11.8 Å². The van der Waals surface area contributed by atoms with Crippen LogP contribution in [0.4, 0.5) is 11.5 Å². The molecule has 2 aromatic rings. The number of unbranched alkanes of at least 4 members (excludes halogenated alkanes) is 2. The fourth-order valence-electron chi connectivity index (χ4n) is 6.03. The van der Waals surface area contributed by atoms with E-state index in [4.69, 9.17) is 17.0 Å². The van der Waals surface area contributed by atoms with Gasteiger partial charge in [0.2, 0.25) is 29.5 Å². The van der Waals surface area contributed by atoms with Crippen LogP contribution < -0.4 is 43.4 Å². The van der Waals surface area contributed by atoms with Gasteiger partial charge in [0.25, 0.3) is 11.8 Å². The first-order valence-electron chi connectivity index (χ1n) is 19.2. The van der Waals surface area contributed by atoms with Crippen LogP contribution in [0, 0.1) is 11.4 Å². The van der Waals surface area contributed by atoms with Crippen molar-refractivity contribution in [2.75, 3.05) is 32.0 Å². The number of carboxylic acids is 1. The Kier molecular flexibility index (Phi) is 18.5. The highest BCUT2D eigenvalue weighted by Crippen LogP contribution is 2.19. The van der Waals surface area contributed by atoms with Gasteiger partial charge in [-0.1, -0.05) is 20.3 Å². The summed E-state index contributed by atoms with van der Waals surface area (Å²) in [6, 6.07) is 3.44. The molecule has 22 nitrogen and oxygen atoms in total. The topological polar surface area (TPSA) is 346 Å². The van der Waals surface area contributed by atoms with Gasteiger partial charge >= 0.3 is 5.97 Å². The first-order valence-corrected chi connectivity index (χ1v) is 19.2. The summed E-state index contributed by atoms with van der Waals surface area (Å²) in [5, 5.41) is 28.2. The van der Waals surface area contributed by atoms with Crippen LogP contribution in [0.2, 0.25) is 0 Å². The lowest BCUT2D eigenvalue weighted by molar-refractivity contribution is -0.142. The number of carboxylic acid groups (broad SMARTS) is 1. The highest BCUT2D eigenvalue weighted by molar-refractivity contribution is 6.01. The van der Waals surface area contributed by atoms with Crippen molar-refractivity contribution in [2.24, 2.45) is 27.5 Å². The molecular formula is C38H53N13O9. The van der Waals surface area contributed by atoms with E-state index in [1.807, 2.05) is 0 Å². The van der Waals surface area contributed by atoms with Gasteiger partial charge in [-0.15, -0.1) is 5.11 Å². The number of guanidine groups is 1. The third kappa shape index (κ3) is 15.4. The third-order valence-corrected chi connectivity index (χ3v) is 9.22. The Balaban J connectivity index is 1.82. The second kappa shape index (κ2) is 23.4. The first kappa shape index (κ1) is 47.4. The number of aliphatic imine (C=N–C) groups is 1. The number of anilines is 1. The molecule has 324 valence electrons. The fourth-order valence-corrected chi connectivity index (χ4v) is 6.03. The minimum atomic E-state index is -1.55. The lowest BCUT2D eigenvalue weighted by Gasteiger charge is -2.32. The van der Waals surface area contributed by atoms with Crippen molar-refractivity contribution in [3.05, 3.63) is 53.2 Å². The Morgan fingerprint density at radius 3 is 2.37 bits per heavy atom. The predicted octanol–water partition coefficient (Wildman–Crippen LogP) is 0.0135. The van der Waals surface area contributed by atoms with E-state index in [0.717, 1.165) is 4.90 Å². The van der Waals surface area contributed by atoms with Gasteiger partial charge in [-0.05, 0) is 67.5 Å². The Hall–Kier alpha value is -7.00. The number of pyridine rings is 1.